The third kappa shape index (κ3) is 3.42. The Balaban J connectivity index is 2.39. The summed E-state index contributed by atoms with van der Waals surface area (Å²) in [5, 5.41) is 8.20. The Labute approximate surface area is 80.4 Å². The molecule has 1 heterocycles. The van der Waals surface area contributed by atoms with E-state index in [-0.39, 0.29) is 0 Å². The molecule has 1 rings (SSSR count). The van der Waals surface area contributed by atoms with Crippen LogP contribution < -0.4 is 0 Å². The quantitative estimate of drug-likeness (QED) is 0.787. The Morgan fingerprint density at radius 1 is 1.69 bits per heavy atom. The van der Waals surface area contributed by atoms with Crippen LogP contribution in [0.3, 0.4) is 0 Å². The second-order valence-corrected chi connectivity index (χ2v) is 3.82. The minimum Gasteiger partial charge on any atom is -0.480 e. The van der Waals surface area contributed by atoms with Crippen LogP contribution in [-0.2, 0) is 10.5 Å². The minimum atomic E-state index is -0.797. The molecule has 0 amide bonds. The van der Waals surface area contributed by atoms with Gasteiger partial charge in [0.05, 0.1) is 10.9 Å². The number of carboxylic acid groups (broad SMARTS) is 1. The van der Waals surface area contributed by atoms with Crippen LogP contribution in [-0.4, -0.2) is 26.3 Å². The van der Waals surface area contributed by atoms with Crippen molar-refractivity contribution in [3.05, 3.63) is 24.3 Å². The lowest BCUT2D eigenvalue weighted by atomic mass is 10.5. The molecule has 1 N–H and O–H groups in total. The molecular weight excluding hydrogens is 188 g/mol. The summed E-state index contributed by atoms with van der Waals surface area (Å²) < 4.78 is 0. The van der Waals surface area contributed by atoms with Crippen LogP contribution in [0.4, 0.5) is 0 Å². The van der Waals surface area contributed by atoms with Gasteiger partial charge in [0.2, 0.25) is 0 Å². The molecule has 5 heteroatoms. The summed E-state index contributed by atoms with van der Waals surface area (Å²) in [6, 6.07) is 0. The normalized spacial score (nSPS) is 12.4. The van der Waals surface area contributed by atoms with Gasteiger partial charge in [-0.3, -0.25) is 14.8 Å². The molecule has 0 spiro atoms. The van der Waals surface area contributed by atoms with E-state index in [9.17, 15) is 4.79 Å². The average molecular weight is 198 g/mol. The van der Waals surface area contributed by atoms with Gasteiger partial charge < -0.3 is 5.11 Å². The van der Waals surface area contributed by atoms with Gasteiger partial charge >= 0.3 is 5.97 Å². The number of aromatic nitrogens is 2. The van der Waals surface area contributed by atoms with Gasteiger partial charge in [-0.05, 0) is 6.92 Å². The molecule has 4 nitrogen and oxygen atoms in total. The van der Waals surface area contributed by atoms with Crippen molar-refractivity contribution in [1.82, 2.24) is 9.97 Å². The molecular formula is C8H10N2O2S. The van der Waals surface area contributed by atoms with Gasteiger partial charge in [-0.15, -0.1) is 11.8 Å². The molecule has 0 radical (unpaired) electrons. The first kappa shape index (κ1) is 9.98. The highest BCUT2D eigenvalue weighted by Crippen LogP contribution is 2.15. The van der Waals surface area contributed by atoms with Crippen molar-refractivity contribution < 1.29 is 9.90 Å². The molecule has 0 aliphatic carbocycles. The molecule has 1 atom stereocenters. The van der Waals surface area contributed by atoms with E-state index in [4.69, 9.17) is 5.11 Å². The molecule has 0 fully saturated rings. The Kier molecular flexibility index (Phi) is 3.70. The largest absolute Gasteiger partial charge is 0.480 e. The van der Waals surface area contributed by atoms with E-state index in [1.54, 1.807) is 25.5 Å². The number of thioether (sulfide) groups is 1. The van der Waals surface area contributed by atoms with Gasteiger partial charge in [0.15, 0.2) is 0 Å². The van der Waals surface area contributed by atoms with Gasteiger partial charge in [-0.2, -0.15) is 0 Å². The molecule has 1 aromatic heterocycles. The number of carboxylic acids is 1. The molecule has 0 aliphatic heterocycles. The lowest BCUT2D eigenvalue weighted by Gasteiger charge is -2.04. The average Bonchev–Trinajstić information content (AvgIpc) is 2.15. The van der Waals surface area contributed by atoms with Gasteiger partial charge in [0.1, 0.15) is 0 Å². The molecule has 1 unspecified atom stereocenters. The smallest absolute Gasteiger partial charge is 0.316 e. The summed E-state index contributed by atoms with van der Waals surface area (Å²) in [4.78, 5) is 18.4. The highest BCUT2D eigenvalue weighted by Gasteiger charge is 2.10. The lowest BCUT2D eigenvalue weighted by Crippen LogP contribution is -2.11. The van der Waals surface area contributed by atoms with E-state index in [2.05, 4.69) is 9.97 Å². The van der Waals surface area contributed by atoms with Crippen molar-refractivity contribution in [3.8, 4) is 0 Å². The van der Waals surface area contributed by atoms with Gasteiger partial charge in [-0.25, -0.2) is 0 Å². The van der Waals surface area contributed by atoms with Crippen LogP contribution in [0.5, 0.6) is 0 Å². The zero-order valence-corrected chi connectivity index (χ0v) is 7.99. The van der Waals surface area contributed by atoms with Crippen LogP contribution in [0.25, 0.3) is 0 Å². The Hall–Kier alpha value is -1.10. The molecule has 13 heavy (non-hydrogen) atoms. The second kappa shape index (κ2) is 4.81. The van der Waals surface area contributed by atoms with Crippen LogP contribution in [0.2, 0.25) is 0 Å². The molecule has 0 saturated heterocycles. The Morgan fingerprint density at radius 3 is 3.00 bits per heavy atom. The van der Waals surface area contributed by atoms with Crippen LogP contribution in [0, 0.1) is 0 Å². The van der Waals surface area contributed by atoms with Crippen LogP contribution >= 0.6 is 11.8 Å². The number of hydrogen-bond acceptors (Lipinski definition) is 4. The first-order chi connectivity index (χ1) is 6.20. The molecule has 0 bridgehead atoms. The Morgan fingerprint density at radius 2 is 2.46 bits per heavy atom. The molecule has 0 aliphatic rings. The lowest BCUT2D eigenvalue weighted by molar-refractivity contribution is -0.136. The van der Waals surface area contributed by atoms with E-state index in [0.29, 0.717) is 5.75 Å². The van der Waals surface area contributed by atoms with Gasteiger partial charge in [0, 0.05) is 24.3 Å². The standard InChI is InChI=1S/C8H10N2O2S/c1-6(8(11)12)13-5-7-4-9-2-3-10-7/h2-4,6H,5H2,1H3,(H,11,12). The number of hydrogen-bond donors (Lipinski definition) is 1. The van der Waals surface area contributed by atoms with Crippen molar-refractivity contribution in [3.63, 3.8) is 0 Å². The van der Waals surface area contributed by atoms with Gasteiger partial charge in [0.25, 0.3) is 0 Å². The number of rotatable bonds is 4. The third-order valence-corrected chi connectivity index (χ3v) is 2.61. The summed E-state index contributed by atoms with van der Waals surface area (Å²) in [5.74, 6) is -0.213. The topological polar surface area (TPSA) is 63.1 Å². The summed E-state index contributed by atoms with van der Waals surface area (Å²) in [5.41, 5.74) is 0.806. The zero-order valence-electron chi connectivity index (χ0n) is 7.17. The van der Waals surface area contributed by atoms with Crippen molar-refractivity contribution in [2.75, 3.05) is 0 Å². The fraction of sp³-hybridized carbons (Fsp3) is 0.375. The fourth-order valence-corrected chi connectivity index (χ4v) is 1.40. The van der Waals surface area contributed by atoms with Crippen LogP contribution in [0.15, 0.2) is 18.6 Å². The summed E-state index contributed by atoms with van der Waals surface area (Å²) in [7, 11) is 0. The van der Waals surface area contributed by atoms with E-state index < -0.39 is 11.2 Å². The van der Waals surface area contributed by atoms with E-state index in [1.165, 1.54) is 11.8 Å². The summed E-state index contributed by atoms with van der Waals surface area (Å²) in [6.45, 7) is 1.66. The molecule has 0 saturated carbocycles. The molecule has 0 aromatic carbocycles. The number of nitrogens with zero attached hydrogens (tertiary/aromatic N) is 2. The van der Waals surface area contributed by atoms with Crippen molar-refractivity contribution in [2.24, 2.45) is 0 Å². The zero-order chi connectivity index (χ0) is 9.68. The second-order valence-electron chi connectivity index (χ2n) is 2.49. The first-order valence-electron chi connectivity index (χ1n) is 3.79. The molecule has 70 valence electrons. The highest BCUT2D eigenvalue weighted by atomic mass is 32.2. The van der Waals surface area contributed by atoms with E-state index in [0.717, 1.165) is 5.69 Å². The number of carbonyl (C=O) groups is 1. The predicted octanol–water partition coefficient (Wildman–Crippen LogP) is 1.18. The summed E-state index contributed by atoms with van der Waals surface area (Å²) >= 11 is 1.34. The Bertz CT molecular complexity index is 279. The third-order valence-electron chi connectivity index (χ3n) is 1.45. The monoisotopic (exact) mass is 198 g/mol. The maximum atomic E-state index is 10.5. The number of aliphatic carboxylic acids is 1. The minimum absolute atomic E-state index is 0.401. The highest BCUT2D eigenvalue weighted by molar-refractivity contribution is 7.99. The van der Waals surface area contributed by atoms with E-state index in [1.807, 2.05) is 0 Å². The maximum Gasteiger partial charge on any atom is 0.316 e. The van der Waals surface area contributed by atoms with Crippen LogP contribution in [0.1, 0.15) is 12.6 Å². The van der Waals surface area contributed by atoms with Crippen molar-refractivity contribution in [2.45, 2.75) is 17.9 Å². The summed E-state index contributed by atoms with van der Waals surface area (Å²) in [6.07, 6.45) is 4.83. The predicted molar refractivity (Wildman–Crippen MR) is 50.4 cm³/mol. The molecule has 1 aromatic rings. The fourth-order valence-electron chi connectivity index (χ4n) is 0.686. The van der Waals surface area contributed by atoms with Gasteiger partial charge in [-0.1, -0.05) is 0 Å². The maximum absolute atomic E-state index is 10.5. The van der Waals surface area contributed by atoms with E-state index >= 15 is 0 Å². The van der Waals surface area contributed by atoms with Crippen molar-refractivity contribution >= 4 is 17.7 Å². The SMILES string of the molecule is CC(SCc1cnccn1)C(=O)O. The van der Waals surface area contributed by atoms with Crippen molar-refractivity contribution in [1.29, 1.82) is 0 Å². The first-order valence-corrected chi connectivity index (χ1v) is 4.84.